The molecule has 1 aromatic carbocycles. The number of imidazole rings is 1. The van der Waals surface area contributed by atoms with E-state index in [2.05, 4.69) is 51.2 Å². The molecule has 1 atom stereocenters. The average molecular weight is 536 g/mol. The number of phenolic OH excluding ortho intramolecular Hbond substituents is 1. The summed E-state index contributed by atoms with van der Waals surface area (Å²) in [7, 11) is 0. The molecule has 5 heterocycles. The van der Waals surface area contributed by atoms with Crippen LogP contribution in [0.25, 0.3) is 39.4 Å². The van der Waals surface area contributed by atoms with Gasteiger partial charge in [-0.05, 0) is 76.4 Å². The summed E-state index contributed by atoms with van der Waals surface area (Å²) in [5, 5.41) is 27.4. The summed E-state index contributed by atoms with van der Waals surface area (Å²) in [5.41, 5.74) is 7.45. The fourth-order valence-electron chi connectivity index (χ4n) is 5.25. The van der Waals surface area contributed by atoms with Gasteiger partial charge >= 0.3 is 0 Å². The Bertz CT molecular complexity index is 1670. The number of phenols is 1. The minimum atomic E-state index is 0.0593. The number of benzene rings is 1. The molecule has 0 aliphatic carbocycles. The number of aryl methyl sites for hydroxylation is 2. The first-order chi connectivity index (χ1) is 19.1. The lowest BCUT2D eigenvalue weighted by Crippen LogP contribution is -2.45. The van der Waals surface area contributed by atoms with Crippen LogP contribution < -0.4 is 10.2 Å². The molecule has 10 nitrogen and oxygen atoms in total. The van der Waals surface area contributed by atoms with Gasteiger partial charge in [-0.1, -0.05) is 12.1 Å². The van der Waals surface area contributed by atoms with Crippen LogP contribution in [0.4, 0.5) is 5.95 Å². The molecular formula is C30H33N9O. The Balaban J connectivity index is 1.35. The van der Waals surface area contributed by atoms with Crippen molar-refractivity contribution in [2.24, 2.45) is 0 Å². The van der Waals surface area contributed by atoms with Crippen molar-refractivity contribution in [1.82, 2.24) is 40.1 Å². The highest BCUT2D eigenvalue weighted by Gasteiger charge is 2.27. The molecule has 2 N–H and O–H groups in total. The van der Waals surface area contributed by atoms with Gasteiger partial charge in [-0.2, -0.15) is 5.10 Å². The number of hydrogen-bond donors (Lipinski definition) is 2. The summed E-state index contributed by atoms with van der Waals surface area (Å²) in [6.45, 7) is 12.3. The molecule has 4 aromatic heterocycles. The SMILES string of the molecule is Cc1cn2nc(-c3cnc(-c4cnc(N5CC[C@@H](NC(C)(C)C)C5)nn4)c(-c4ccc(O)cc4)c3)cc(C)c2n1. The van der Waals surface area contributed by atoms with Crippen molar-refractivity contribution in [3.05, 3.63) is 66.2 Å². The van der Waals surface area contributed by atoms with Gasteiger partial charge in [0.2, 0.25) is 5.95 Å². The van der Waals surface area contributed by atoms with Crippen molar-refractivity contribution in [3.63, 3.8) is 0 Å². The van der Waals surface area contributed by atoms with Gasteiger partial charge in [0, 0.05) is 42.0 Å². The van der Waals surface area contributed by atoms with Crippen molar-refractivity contribution in [2.75, 3.05) is 18.0 Å². The normalized spacial score (nSPS) is 15.7. The van der Waals surface area contributed by atoms with Gasteiger partial charge in [-0.15, -0.1) is 10.2 Å². The number of nitrogens with one attached hydrogen (secondary N) is 1. The van der Waals surface area contributed by atoms with E-state index in [0.29, 0.717) is 23.4 Å². The lowest BCUT2D eigenvalue weighted by atomic mass is 9.99. The van der Waals surface area contributed by atoms with E-state index in [0.717, 1.165) is 58.8 Å². The maximum atomic E-state index is 9.90. The van der Waals surface area contributed by atoms with E-state index in [9.17, 15) is 5.11 Å². The van der Waals surface area contributed by atoms with Crippen LogP contribution in [-0.2, 0) is 0 Å². The maximum absolute atomic E-state index is 9.90. The number of nitrogens with zero attached hydrogens (tertiary/aromatic N) is 8. The number of aromatic hydroxyl groups is 1. The van der Waals surface area contributed by atoms with Gasteiger partial charge in [0.25, 0.3) is 0 Å². The van der Waals surface area contributed by atoms with Crippen LogP contribution in [0, 0.1) is 13.8 Å². The average Bonchev–Trinajstić information content (AvgIpc) is 3.54. The summed E-state index contributed by atoms with van der Waals surface area (Å²) in [6, 6.07) is 11.5. The van der Waals surface area contributed by atoms with Gasteiger partial charge < -0.3 is 15.3 Å². The second-order valence-corrected chi connectivity index (χ2v) is 11.5. The largest absolute Gasteiger partial charge is 0.508 e. The number of aromatic nitrogens is 7. The van der Waals surface area contributed by atoms with Crippen molar-refractivity contribution in [2.45, 2.75) is 52.6 Å². The van der Waals surface area contributed by atoms with E-state index >= 15 is 0 Å². The van der Waals surface area contributed by atoms with Crippen LogP contribution >= 0.6 is 0 Å². The zero-order valence-electron chi connectivity index (χ0n) is 23.4. The molecular weight excluding hydrogens is 502 g/mol. The third kappa shape index (κ3) is 5.22. The predicted molar refractivity (Wildman–Crippen MR) is 155 cm³/mol. The van der Waals surface area contributed by atoms with Crippen molar-refractivity contribution >= 4 is 11.6 Å². The van der Waals surface area contributed by atoms with E-state index in [-0.39, 0.29) is 11.3 Å². The van der Waals surface area contributed by atoms with Crippen LogP contribution in [0.3, 0.4) is 0 Å². The molecule has 1 aliphatic heterocycles. The molecule has 0 saturated carbocycles. The molecule has 10 heteroatoms. The smallest absolute Gasteiger partial charge is 0.245 e. The molecule has 0 unspecified atom stereocenters. The molecule has 0 bridgehead atoms. The third-order valence-electron chi connectivity index (χ3n) is 6.99. The Morgan fingerprint density at radius 3 is 2.48 bits per heavy atom. The molecule has 6 rings (SSSR count). The highest BCUT2D eigenvalue weighted by Crippen LogP contribution is 2.34. The van der Waals surface area contributed by atoms with Gasteiger partial charge in [0.15, 0.2) is 5.65 Å². The zero-order valence-corrected chi connectivity index (χ0v) is 23.4. The Kier molecular flexibility index (Phi) is 6.42. The second-order valence-electron chi connectivity index (χ2n) is 11.5. The van der Waals surface area contributed by atoms with Gasteiger partial charge in [-0.3, -0.25) is 4.98 Å². The van der Waals surface area contributed by atoms with Gasteiger partial charge in [0.05, 0.1) is 29.5 Å². The summed E-state index contributed by atoms with van der Waals surface area (Å²) in [4.78, 5) is 16.2. The molecule has 204 valence electrons. The fraction of sp³-hybridized carbons (Fsp3) is 0.333. The summed E-state index contributed by atoms with van der Waals surface area (Å²) in [6.07, 6.45) is 6.49. The number of anilines is 1. The van der Waals surface area contributed by atoms with Crippen LogP contribution in [0.15, 0.2) is 55.0 Å². The molecule has 0 spiro atoms. The molecule has 1 aliphatic rings. The quantitative estimate of drug-likeness (QED) is 0.333. The Morgan fingerprint density at radius 1 is 0.950 bits per heavy atom. The van der Waals surface area contributed by atoms with Crippen LogP contribution in [0.1, 0.15) is 38.4 Å². The van der Waals surface area contributed by atoms with Crippen LogP contribution in [-0.4, -0.2) is 64.5 Å². The zero-order chi connectivity index (χ0) is 28.0. The van der Waals surface area contributed by atoms with Crippen LogP contribution in [0.5, 0.6) is 5.75 Å². The number of rotatable bonds is 5. The topological polar surface area (TPSA) is 117 Å². The summed E-state index contributed by atoms with van der Waals surface area (Å²) < 4.78 is 1.81. The van der Waals surface area contributed by atoms with Crippen molar-refractivity contribution in [3.8, 4) is 39.5 Å². The highest BCUT2D eigenvalue weighted by molar-refractivity contribution is 5.82. The first-order valence-corrected chi connectivity index (χ1v) is 13.5. The predicted octanol–water partition coefficient (Wildman–Crippen LogP) is 4.60. The lowest BCUT2D eigenvalue weighted by Gasteiger charge is -2.25. The van der Waals surface area contributed by atoms with Crippen molar-refractivity contribution < 1.29 is 5.11 Å². The summed E-state index contributed by atoms with van der Waals surface area (Å²) >= 11 is 0. The number of pyridine rings is 1. The van der Waals surface area contributed by atoms with E-state index in [1.54, 1.807) is 24.5 Å². The summed E-state index contributed by atoms with van der Waals surface area (Å²) in [5.74, 6) is 0.816. The third-order valence-corrected chi connectivity index (χ3v) is 6.99. The first kappa shape index (κ1) is 25.8. The lowest BCUT2D eigenvalue weighted by molar-refractivity contribution is 0.373. The second kappa shape index (κ2) is 9.95. The number of fused-ring (bicyclic) bond motifs is 1. The fourth-order valence-corrected chi connectivity index (χ4v) is 5.25. The minimum Gasteiger partial charge on any atom is -0.508 e. The maximum Gasteiger partial charge on any atom is 0.245 e. The van der Waals surface area contributed by atoms with Gasteiger partial charge in [-0.25, -0.2) is 14.5 Å². The number of hydrogen-bond acceptors (Lipinski definition) is 9. The molecule has 1 saturated heterocycles. The highest BCUT2D eigenvalue weighted by atomic mass is 16.3. The molecule has 5 aromatic rings. The molecule has 0 radical (unpaired) electrons. The van der Waals surface area contributed by atoms with Gasteiger partial charge in [0.1, 0.15) is 11.4 Å². The molecule has 0 amide bonds. The first-order valence-electron chi connectivity index (χ1n) is 13.5. The van der Waals surface area contributed by atoms with E-state index in [1.165, 1.54) is 0 Å². The van der Waals surface area contributed by atoms with E-state index in [4.69, 9.17) is 10.1 Å². The Labute approximate surface area is 233 Å². The Hall–Kier alpha value is -4.44. The standard InChI is InChI=1S/C30H33N9O/c1-18-12-25(37-39-16-19(2)33-28(18)39)21-13-24(20-6-8-23(40)9-7-20)27(31-14-21)26-15-32-29(36-35-26)38-11-10-22(17-38)34-30(3,4)5/h6-9,12-16,22,34,40H,10-11,17H2,1-5H3/t22-/m1/s1. The molecule has 40 heavy (non-hydrogen) atoms. The minimum absolute atomic E-state index is 0.0593. The van der Waals surface area contributed by atoms with Crippen molar-refractivity contribution in [1.29, 1.82) is 0 Å². The van der Waals surface area contributed by atoms with E-state index in [1.807, 2.05) is 48.8 Å². The Morgan fingerprint density at radius 2 is 1.75 bits per heavy atom. The monoisotopic (exact) mass is 535 g/mol. The van der Waals surface area contributed by atoms with E-state index < -0.39 is 0 Å². The molecule has 1 fully saturated rings. The van der Waals surface area contributed by atoms with Crippen LogP contribution in [0.2, 0.25) is 0 Å².